The molecule has 1 N–H and O–H groups in total. The second-order valence-electron chi connectivity index (χ2n) is 5.32. The van der Waals surface area contributed by atoms with Crippen LogP contribution in [-0.2, 0) is 0 Å². The minimum atomic E-state index is 0.176. The molecule has 2 nitrogen and oxygen atoms in total. The fourth-order valence-corrected chi connectivity index (χ4v) is 4.37. The number of halogens is 2. The van der Waals surface area contributed by atoms with E-state index in [1.54, 1.807) is 11.8 Å². The quantitative estimate of drug-likeness (QED) is 0.777. The number of nitrogens with one attached hydrogen (secondary N) is 1. The monoisotopic (exact) mass is 314 g/mol. The average molecular weight is 315 g/mol. The third kappa shape index (κ3) is 2.61. The van der Waals surface area contributed by atoms with Crippen LogP contribution in [0.15, 0.2) is 17.1 Å². The van der Waals surface area contributed by atoms with Crippen molar-refractivity contribution < 1.29 is 0 Å². The van der Waals surface area contributed by atoms with Gasteiger partial charge in [0.15, 0.2) is 5.17 Å². The van der Waals surface area contributed by atoms with Crippen molar-refractivity contribution in [1.82, 2.24) is 0 Å². The molecule has 0 aromatic heterocycles. The average Bonchev–Trinajstić information content (AvgIpc) is 3.01. The zero-order chi connectivity index (χ0) is 13.5. The van der Waals surface area contributed by atoms with Crippen LogP contribution in [0.5, 0.6) is 0 Å². The van der Waals surface area contributed by atoms with Crippen LogP contribution in [0.3, 0.4) is 0 Å². The Bertz CT molecular complexity index is 536. The number of thioether (sulfide) groups is 1. The molecule has 1 aromatic rings. The number of aliphatic imine (C=N–C) groups is 1. The Kier molecular flexibility index (Phi) is 3.71. The highest BCUT2D eigenvalue weighted by Crippen LogP contribution is 2.42. The summed E-state index contributed by atoms with van der Waals surface area (Å²) in [4.78, 5) is 4.88. The van der Waals surface area contributed by atoms with E-state index >= 15 is 0 Å². The summed E-state index contributed by atoms with van der Waals surface area (Å²) >= 11 is 14.3. The maximum Gasteiger partial charge on any atom is 0.161 e. The van der Waals surface area contributed by atoms with E-state index in [1.807, 2.05) is 19.1 Å². The van der Waals surface area contributed by atoms with E-state index in [9.17, 15) is 0 Å². The van der Waals surface area contributed by atoms with Gasteiger partial charge in [-0.1, -0.05) is 53.9 Å². The van der Waals surface area contributed by atoms with Crippen molar-refractivity contribution in [3.8, 4) is 0 Å². The minimum Gasteiger partial charge on any atom is -0.333 e. The summed E-state index contributed by atoms with van der Waals surface area (Å²) in [5, 5.41) is 5.60. The molecule has 0 atom stereocenters. The van der Waals surface area contributed by atoms with Gasteiger partial charge in [-0.05, 0) is 31.4 Å². The molecule has 0 saturated heterocycles. The molecular weight excluding hydrogens is 299 g/mol. The normalized spacial score (nSPS) is 20.9. The molecule has 0 bridgehead atoms. The third-order valence-corrected chi connectivity index (χ3v) is 5.82. The van der Waals surface area contributed by atoms with E-state index < -0.39 is 0 Å². The lowest BCUT2D eigenvalue weighted by Crippen LogP contribution is -2.21. The zero-order valence-corrected chi connectivity index (χ0v) is 13.1. The van der Waals surface area contributed by atoms with Gasteiger partial charge in [-0.25, -0.2) is 0 Å². The molecule has 3 rings (SSSR count). The van der Waals surface area contributed by atoms with Gasteiger partial charge in [0, 0.05) is 5.75 Å². The fraction of sp³-hybridized carbons (Fsp3) is 0.500. The number of rotatable bonds is 1. The lowest BCUT2D eigenvalue weighted by molar-refractivity contribution is 0.508. The highest BCUT2D eigenvalue weighted by Gasteiger charge is 2.38. The molecular formula is C14H16Cl2N2S. The molecule has 1 aromatic carbocycles. The molecule has 102 valence electrons. The number of aryl methyl sites for hydroxylation is 1. The van der Waals surface area contributed by atoms with Crippen molar-refractivity contribution in [2.75, 3.05) is 11.1 Å². The topological polar surface area (TPSA) is 24.4 Å². The van der Waals surface area contributed by atoms with Crippen molar-refractivity contribution in [3.63, 3.8) is 0 Å². The number of anilines is 1. The van der Waals surface area contributed by atoms with Gasteiger partial charge in [0.2, 0.25) is 0 Å². The van der Waals surface area contributed by atoms with Crippen LogP contribution in [0, 0.1) is 6.92 Å². The van der Waals surface area contributed by atoms with E-state index in [0.717, 1.165) is 22.2 Å². The van der Waals surface area contributed by atoms with Gasteiger partial charge in [-0.2, -0.15) is 0 Å². The molecule has 1 spiro atoms. The summed E-state index contributed by atoms with van der Waals surface area (Å²) in [6.45, 7) is 1.98. The zero-order valence-electron chi connectivity index (χ0n) is 10.8. The lowest BCUT2D eigenvalue weighted by atomic mass is 10.0. The smallest absolute Gasteiger partial charge is 0.161 e. The lowest BCUT2D eigenvalue weighted by Gasteiger charge is -2.16. The Labute approximate surface area is 128 Å². The molecule has 0 unspecified atom stereocenters. The Morgan fingerprint density at radius 1 is 1.26 bits per heavy atom. The molecule has 1 aliphatic heterocycles. The van der Waals surface area contributed by atoms with E-state index in [2.05, 4.69) is 5.32 Å². The maximum absolute atomic E-state index is 6.32. The molecule has 2 aliphatic rings. The molecule has 0 radical (unpaired) electrons. The van der Waals surface area contributed by atoms with Crippen molar-refractivity contribution in [2.45, 2.75) is 38.1 Å². The van der Waals surface area contributed by atoms with Crippen LogP contribution < -0.4 is 5.32 Å². The number of benzene rings is 1. The number of hydrogen-bond donors (Lipinski definition) is 1. The SMILES string of the molecule is Cc1ccc(Cl)c(NC2=NC3(CCCC3)CS2)c1Cl. The molecule has 1 heterocycles. The Balaban J connectivity index is 1.85. The van der Waals surface area contributed by atoms with E-state index in [4.69, 9.17) is 28.2 Å². The number of nitrogens with zero attached hydrogens (tertiary/aromatic N) is 1. The summed E-state index contributed by atoms with van der Waals surface area (Å²) in [7, 11) is 0. The standard InChI is InChI=1S/C14H16Cl2N2S/c1-9-4-5-10(15)12(11(9)16)17-13-18-14(8-19-13)6-2-3-7-14/h4-5H,2-3,6-8H2,1H3,(H,17,18). The Hall–Kier alpha value is -0.380. The summed E-state index contributed by atoms with van der Waals surface area (Å²) < 4.78 is 0. The molecule has 1 aliphatic carbocycles. The van der Waals surface area contributed by atoms with Gasteiger partial charge in [-0.3, -0.25) is 4.99 Å². The van der Waals surface area contributed by atoms with Crippen LogP contribution >= 0.6 is 35.0 Å². The van der Waals surface area contributed by atoms with Crippen molar-refractivity contribution in [3.05, 3.63) is 27.7 Å². The fourth-order valence-electron chi connectivity index (χ4n) is 2.71. The molecule has 19 heavy (non-hydrogen) atoms. The van der Waals surface area contributed by atoms with Crippen LogP contribution in [0.2, 0.25) is 10.0 Å². The predicted octanol–water partition coefficient (Wildman–Crippen LogP) is 5.13. The second kappa shape index (κ2) is 5.19. The van der Waals surface area contributed by atoms with Crippen LogP contribution in [0.25, 0.3) is 0 Å². The van der Waals surface area contributed by atoms with Crippen molar-refractivity contribution in [1.29, 1.82) is 0 Å². The Morgan fingerprint density at radius 2 is 2.00 bits per heavy atom. The summed E-state index contributed by atoms with van der Waals surface area (Å²) in [6, 6.07) is 3.80. The van der Waals surface area contributed by atoms with Crippen LogP contribution in [0.1, 0.15) is 31.2 Å². The molecule has 0 amide bonds. The second-order valence-corrected chi connectivity index (χ2v) is 7.06. The van der Waals surface area contributed by atoms with Gasteiger partial charge < -0.3 is 5.32 Å². The minimum absolute atomic E-state index is 0.176. The van der Waals surface area contributed by atoms with E-state index in [-0.39, 0.29) is 5.54 Å². The molecule has 1 fully saturated rings. The number of amidine groups is 1. The maximum atomic E-state index is 6.32. The van der Waals surface area contributed by atoms with Gasteiger partial charge in [0.25, 0.3) is 0 Å². The van der Waals surface area contributed by atoms with E-state index in [1.165, 1.54) is 25.7 Å². The summed E-state index contributed by atoms with van der Waals surface area (Å²) in [5.41, 5.74) is 1.98. The first kappa shape index (κ1) is 13.6. The Morgan fingerprint density at radius 3 is 2.74 bits per heavy atom. The predicted molar refractivity (Wildman–Crippen MR) is 85.9 cm³/mol. The van der Waals surface area contributed by atoms with Gasteiger partial charge >= 0.3 is 0 Å². The van der Waals surface area contributed by atoms with Crippen molar-refractivity contribution in [2.24, 2.45) is 4.99 Å². The third-order valence-electron chi connectivity index (χ3n) is 3.87. The summed E-state index contributed by atoms with van der Waals surface area (Å²) in [5.74, 6) is 1.08. The van der Waals surface area contributed by atoms with Gasteiger partial charge in [0.1, 0.15) is 0 Å². The van der Waals surface area contributed by atoms with Gasteiger partial charge in [0.05, 0.1) is 21.3 Å². The van der Waals surface area contributed by atoms with Crippen molar-refractivity contribution >= 4 is 45.8 Å². The molecule has 1 saturated carbocycles. The van der Waals surface area contributed by atoms with E-state index in [0.29, 0.717) is 10.0 Å². The highest BCUT2D eigenvalue weighted by atomic mass is 35.5. The molecule has 5 heteroatoms. The summed E-state index contributed by atoms with van der Waals surface area (Å²) in [6.07, 6.45) is 5.01. The number of hydrogen-bond acceptors (Lipinski definition) is 3. The first-order chi connectivity index (χ1) is 9.10. The highest BCUT2D eigenvalue weighted by molar-refractivity contribution is 8.14. The van der Waals surface area contributed by atoms with Gasteiger partial charge in [-0.15, -0.1) is 0 Å². The van der Waals surface area contributed by atoms with Crippen LogP contribution in [0.4, 0.5) is 5.69 Å². The largest absolute Gasteiger partial charge is 0.333 e. The first-order valence-corrected chi connectivity index (χ1v) is 8.28. The first-order valence-electron chi connectivity index (χ1n) is 6.54. The van der Waals surface area contributed by atoms with Crippen LogP contribution in [-0.4, -0.2) is 16.5 Å².